The molecular formula is C11H18N2OS. The predicted molar refractivity (Wildman–Crippen MR) is 65.5 cm³/mol. The van der Waals surface area contributed by atoms with E-state index in [4.69, 9.17) is 0 Å². The van der Waals surface area contributed by atoms with Crippen molar-refractivity contribution >= 4 is 12.6 Å². The van der Waals surface area contributed by atoms with Crippen LogP contribution in [-0.2, 0) is 6.54 Å². The fourth-order valence-corrected chi connectivity index (χ4v) is 1.86. The number of nitrogens with zero attached hydrogens (tertiary/aromatic N) is 2. The summed E-state index contributed by atoms with van der Waals surface area (Å²) >= 11 is 4.19. The summed E-state index contributed by atoms with van der Waals surface area (Å²) in [5, 5.41) is 4.19. The van der Waals surface area contributed by atoms with Gasteiger partial charge in [0, 0.05) is 12.6 Å². The lowest BCUT2D eigenvalue weighted by atomic mass is 10.1. The molecule has 1 aromatic heterocycles. The van der Waals surface area contributed by atoms with Crippen molar-refractivity contribution in [3.8, 4) is 0 Å². The fraction of sp³-hybridized carbons (Fsp3) is 0.636. The average molecular weight is 226 g/mol. The molecule has 0 aromatic carbocycles. The van der Waals surface area contributed by atoms with Crippen molar-refractivity contribution in [1.82, 2.24) is 9.78 Å². The molecule has 4 heteroatoms. The van der Waals surface area contributed by atoms with Crippen molar-refractivity contribution in [3.05, 3.63) is 28.2 Å². The van der Waals surface area contributed by atoms with E-state index in [0.717, 1.165) is 24.3 Å². The highest BCUT2D eigenvalue weighted by Crippen LogP contribution is 2.08. The molecule has 0 radical (unpaired) electrons. The van der Waals surface area contributed by atoms with Gasteiger partial charge in [0.2, 0.25) is 0 Å². The highest BCUT2D eigenvalue weighted by molar-refractivity contribution is 7.80. The van der Waals surface area contributed by atoms with Crippen LogP contribution in [0.2, 0.25) is 0 Å². The van der Waals surface area contributed by atoms with Crippen LogP contribution in [0.3, 0.4) is 0 Å². The van der Waals surface area contributed by atoms with Crippen molar-refractivity contribution in [2.45, 2.75) is 33.2 Å². The Labute approximate surface area is 95.9 Å². The summed E-state index contributed by atoms with van der Waals surface area (Å²) in [6, 6.07) is 3.32. The molecule has 0 amide bonds. The molecule has 84 valence electrons. The molecule has 0 N–H and O–H groups in total. The van der Waals surface area contributed by atoms with Crippen molar-refractivity contribution < 1.29 is 0 Å². The van der Waals surface area contributed by atoms with Gasteiger partial charge in [0.25, 0.3) is 5.56 Å². The second-order valence-corrected chi connectivity index (χ2v) is 4.39. The normalized spacial score (nSPS) is 12.7. The van der Waals surface area contributed by atoms with Crippen molar-refractivity contribution in [3.63, 3.8) is 0 Å². The van der Waals surface area contributed by atoms with E-state index in [0.29, 0.717) is 12.5 Å². The molecule has 1 aromatic rings. The molecule has 1 rings (SSSR count). The second kappa shape index (κ2) is 5.95. The first-order valence-corrected chi connectivity index (χ1v) is 5.92. The van der Waals surface area contributed by atoms with Crippen LogP contribution in [0.1, 0.15) is 25.5 Å². The topological polar surface area (TPSA) is 34.9 Å². The third kappa shape index (κ3) is 4.08. The third-order valence-corrected chi connectivity index (χ3v) is 2.71. The van der Waals surface area contributed by atoms with Gasteiger partial charge < -0.3 is 0 Å². The largest absolute Gasteiger partial charge is 0.268 e. The molecule has 0 bridgehead atoms. The Morgan fingerprint density at radius 2 is 2.20 bits per heavy atom. The molecule has 1 atom stereocenters. The third-order valence-electron chi connectivity index (χ3n) is 2.46. The summed E-state index contributed by atoms with van der Waals surface area (Å²) < 4.78 is 1.55. The van der Waals surface area contributed by atoms with Gasteiger partial charge in [-0.3, -0.25) is 4.79 Å². The summed E-state index contributed by atoms with van der Waals surface area (Å²) in [5.74, 6) is 1.49. The molecule has 0 saturated carbocycles. The molecule has 1 heterocycles. The summed E-state index contributed by atoms with van der Waals surface area (Å²) in [5.41, 5.74) is 0.870. The summed E-state index contributed by atoms with van der Waals surface area (Å²) in [6.07, 6.45) is 2.07. The fourth-order valence-electron chi connectivity index (χ4n) is 1.42. The number of hydrogen-bond donors (Lipinski definition) is 1. The van der Waals surface area contributed by atoms with Gasteiger partial charge in [-0.1, -0.05) is 6.92 Å². The van der Waals surface area contributed by atoms with Crippen molar-refractivity contribution in [2.75, 3.05) is 5.75 Å². The number of aryl methyl sites for hydroxylation is 2. The van der Waals surface area contributed by atoms with Crippen LogP contribution >= 0.6 is 12.6 Å². The predicted octanol–water partition coefficient (Wildman–Crippen LogP) is 1.90. The van der Waals surface area contributed by atoms with E-state index >= 15 is 0 Å². The highest BCUT2D eigenvalue weighted by Gasteiger charge is 2.03. The summed E-state index contributed by atoms with van der Waals surface area (Å²) in [7, 11) is 0. The van der Waals surface area contributed by atoms with Gasteiger partial charge in [-0.2, -0.15) is 17.7 Å². The number of thiol groups is 1. The zero-order valence-electron chi connectivity index (χ0n) is 9.31. The van der Waals surface area contributed by atoms with Crippen LogP contribution in [0, 0.1) is 12.8 Å². The second-order valence-electron chi connectivity index (χ2n) is 3.94. The van der Waals surface area contributed by atoms with E-state index in [1.54, 1.807) is 16.8 Å². The van der Waals surface area contributed by atoms with Gasteiger partial charge in [0.05, 0.1) is 5.69 Å². The lowest BCUT2D eigenvalue weighted by molar-refractivity contribution is 0.438. The first-order chi connectivity index (χ1) is 7.13. The van der Waals surface area contributed by atoms with E-state index in [2.05, 4.69) is 24.7 Å². The van der Waals surface area contributed by atoms with E-state index in [1.165, 1.54) is 0 Å². The standard InChI is InChI=1S/C11H18N2OS/c1-9(6-8-15)5-7-13-11(14)4-3-10(2)12-13/h3-4,9,15H,5-8H2,1-2H3. The Bertz CT molecular complexity index is 362. The molecule has 1 unspecified atom stereocenters. The van der Waals surface area contributed by atoms with Crippen molar-refractivity contribution in [2.24, 2.45) is 5.92 Å². The van der Waals surface area contributed by atoms with Crippen LogP contribution in [0.25, 0.3) is 0 Å². The van der Waals surface area contributed by atoms with Crippen molar-refractivity contribution in [1.29, 1.82) is 0 Å². The molecule has 0 spiro atoms. The maximum absolute atomic E-state index is 11.4. The molecule has 0 aliphatic rings. The number of hydrogen-bond acceptors (Lipinski definition) is 3. The van der Waals surface area contributed by atoms with Crippen LogP contribution < -0.4 is 5.56 Å². The quantitative estimate of drug-likeness (QED) is 0.778. The van der Waals surface area contributed by atoms with Crippen LogP contribution in [0.5, 0.6) is 0 Å². The maximum Gasteiger partial charge on any atom is 0.266 e. The molecule has 0 fully saturated rings. The van der Waals surface area contributed by atoms with E-state index in [1.807, 2.05) is 6.92 Å². The Morgan fingerprint density at radius 1 is 1.47 bits per heavy atom. The van der Waals surface area contributed by atoms with Gasteiger partial charge >= 0.3 is 0 Å². The lowest BCUT2D eigenvalue weighted by Gasteiger charge is -2.10. The zero-order chi connectivity index (χ0) is 11.3. The Hall–Kier alpha value is -0.770. The monoisotopic (exact) mass is 226 g/mol. The number of rotatable bonds is 5. The molecule has 15 heavy (non-hydrogen) atoms. The average Bonchev–Trinajstić information content (AvgIpc) is 2.20. The SMILES string of the molecule is Cc1ccc(=O)n(CCC(C)CCS)n1. The molecule has 0 aliphatic heterocycles. The minimum Gasteiger partial charge on any atom is -0.268 e. The minimum absolute atomic E-state index is 0.0151. The Morgan fingerprint density at radius 3 is 2.87 bits per heavy atom. The summed E-state index contributed by atoms with van der Waals surface area (Å²) in [4.78, 5) is 11.4. The molecule has 3 nitrogen and oxygen atoms in total. The van der Waals surface area contributed by atoms with E-state index in [-0.39, 0.29) is 5.56 Å². The van der Waals surface area contributed by atoms with Gasteiger partial charge in [-0.05, 0) is 37.5 Å². The lowest BCUT2D eigenvalue weighted by Crippen LogP contribution is -2.23. The summed E-state index contributed by atoms with van der Waals surface area (Å²) in [6.45, 7) is 4.78. The van der Waals surface area contributed by atoms with E-state index in [9.17, 15) is 4.79 Å². The molecule has 0 aliphatic carbocycles. The van der Waals surface area contributed by atoms with Gasteiger partial charge in [0.1, 0.15) is 0 Å². The van der Waals surface area contributed by atoms with Crippen LogP contribution in [-0.4, -0.2) is 15.5 Å². The molecule has 0 saturated heterocycles. The highest BCUT2D eigenvalue weighted by atomic mass is 32.1. The Balaban J connectivity index is 2.57. The zero-order valence-corrected chi connectivity index (χ0v) is 10.2. The Kier molecular flexibility index (Phi) is 4.88. The van der Waals surface area contributed by atoms with Gasteiger partial charge in [0.15, 0.2) is 0 Å². The molecular weight excluding hydrogens is 208 g/mol. The first-order valence-electron chi connectivity index (χ1n) is 5.29. The van der Waals surface area contributed by atoms with Gasteiger partial charge in [-0.15, -0.1) is 0 Å². The van der Waals surface area contributed by atoms with E-state index < -0.39 is 0 Å². The number of aromatic nitrogens is 2. The van der Waals surface area contributed by atoms with Gasteiger partial charge in [-0.25, -0.2) is 4.68 Å². The van der Waals surface area contributed by atoms with Crippen LogP contribution in [0.4, 0.5) is 0 Å². The maximum atomic E-state index is 11.4. The minimum atomic E-state index is -0.0151. The smallest absolute Gasteiger partial charge is 0.266 e. The first kappa shape index (κ1) is 12.3. The van der Waals surface area contributed by atoms with Crippen LogP contribution in [0.15, 0.2) is 16.9 Å².